The quantitative estimate of drug-likeness (QED) is 0.486. The van der Waals surface area contributed by atoms with Crippen LogP contribution in [0.4, 0.5) is 0 Å². The molecule has 1 aromatic carbocycles. The standard InChI is InChI=1S/C23H25N5O5/c1-4-28-20-19(22(31)25-23(28)32)15(10-16(24-20)14-7-8-14)21(30)27-26-18(29)11-33-17-9-12(2)5-6-13(17)3/h5-6,9-10,14H,4,7-8,11H2,1-3H3,(H,26,29)(H,27,30)(H,25,31,32). The van der Waals surface area contributed by atoms with Crippen LogP contribution in [-0.2, 0) is 11.3 Å². The molecule has 0 atom stereocenters. The molecule has 0 saturated heterocycles. The average molecular weight is 451 g/mol. The first-order valence-electron chi connectivity index (χ1n) is 10.8. The van der Waals surface area contributed by atoms with E-state index in [1.165, 1.54) is 4.57 Å². The van der Waals surface area contributed by atoms with Gasteiger partial charge in [0.25, 0.3) is 17.4 Å². The topological polar surface area (TPSA) is 135 Å². The van der Waals surface area contributed by atoms with Gasteiger partial charge in [-0.25, -0.2) is 9.78 Å². The van der Waals surface area contributed by atoms with Crippen molar-refractivity contribution in [2.45, 2.75) is 46.1 Å². The first kappa shape index (κ1) is 22.3. The summed E-state index contributed by atoms with van der Waals surface area (Å²) >= 11 is 0. The number of pyridine rings is 1. The van der Waals surface area contributed by atoms with Crippen molar-refractivity contribution >= 4 is 22.8 Å². The van der Waals surface area contributed by atoms with Gasteiger partial charge in [0.1, 0.15) is 5.75 Å². The maximum Gasteiger partial charge on any atom is 0.329 e. The lowest BCUT2D eigenvalue weighted by molar-refractivity contribution is -0.123. The van der Waals surface area contributed by atoms with Crippen LogP contribution >= 0.6 is 0 Å². The van der Waals surface area contributed by atoms with E-state index in [2.05, 4.69) is 20.8 Å². The van der Waals surface area contributed by atoms with Crippen molar-refractivity contribution in [3.05, 3.63) is 67.5 Å². The van der Waals surface area contributed by atoms with Crippen LogP contribution in [0.1, 0.15) is 52.9 Å². The molecule has 2 aromatic heterocycles. The van der Waals surface area contributed by atoms with E-state index >= 15 is 0 Å². The Hall–Kier alpha value is -3.95. The maximum atomic E-state index is 12.9. The molecule has 0 radical (unpaired) electrons. The molecule has 0 unspecified atom stereocenters. The third-order valence-corrected chi connectivity index (χ3v) is 5.54. The fourth-order valence-electron chi connectivity index (χ4n) is 3.59. The van der Waals surface area contributed by atoms with E-state index in [0.29, 0.717) is 11.4 Å². The second kappa shape index (κ2) is 8.89. The van der Waals surface area contributed by atoms with Crippen LogP contribution in [0.2, 0.25) is 0 Å². The van der Waals surface area contributed by atoms with Crippen LogP contribution < -0.4 is 26.8 Å². The minimum absolute atomic E-state index is 0.000709. The normalized spacial score (nSPS) is 13.1. The number of hydrazine groups is 1. The van der Waals surface area contributed by atoms with Gasteiger partial charge in [-0.05, 0) is 56.9 Å². The number of aromatic amines is 1. The van der Waals surface area contributed by atoms with E-state index in [-0.39, 0.29) is 35.7 Å². The molecule has 10 nitrogen and oxygen atoms in total. The third-order valence-electron chi connectivity index (χ3n) is 5.54. The number of aromatic nitrogens is 3. The highest BCUT2D eigenvalue weighted by Crippen LogP contribution is 2.39. The zero-order valence-corrected chi connectivity index (χ0v) is 18.7. The molecule has 1 aliphatic rings. The van der Waals surface area contributed by atoms with E-state index in [0.717, 1.165) is 24.0 Å². The Kier molecular flexibility index (Phi) is 5.99. The van der Waals surface area contributed by atoms with Gasteiger partial charge in [0, 0.05) is 18.2 Å². The van der Waals surface area contributed by atoms with Gasteiger partial charge < -0.3 is 4.74 Å². The number of fused-ring (bicyclic) bond motifs is 1. The number of hydrogen-bond donors (Lipinski definition) is 3. The molecule has 2 heterocycles. The Bertz CT molecular complexity index is 1370. The molecule has 33 heavy (non-hydrogen) atoms. The first-order valence-corrected chi connectivity index (χ1v) is 10.8. The fraction of sp³-hybridized carbons (Fsp3) is 0.348. The summed E-state index contributed by atoms with van der Waals surface area (Å²) in [6.45, 7) is 5.52. The molecular weight excluding hydrogens is 426 g/mol. The molecule has 1 aliphatic carbocycles. The van der Waals surface area contributed by atoms with Gasteiger partial charge in [0.2, 0.25) is 0 Å². The second-order valence-corrected chi connectivity index (χ2v) is 8.13. The van der Waals surface area contributed by atoms with Crippen LogP contribution in [-0.4, -0.2) is 33.0 Å². The summed E-state index contributed by atoms with van der Waals surface area (Å²) < 4.78 is 6.86. The number of carbonyl (C=O) groups is 2. The molecular formula is C23H25N5O5. The predicted octanol–water partition coefficient (Wildman–Crippen LogP) is 1.44. The Morgan fingerprint density at radius 3 is 2.64 bits per heavy atom. The summed E-state index contributed by atoms with van der Waals surface area (Å²) in [6, 6.07) is 7.21. The molecule has 3 aromatic rings. The van der Waals surface area contributed by atoms with E-state index in [9.17, 15) is 19.2 Å². The Morgan fingerprint density at radius 1 is 1.18 bits per heavy atom. The number of hydrogen-bond acceptors (Lipinski definition) is 6. The molecule has 10 heteroatoms. The molecule has 3 N–H and O–H groups in total. The van der Waals surface area contributed by atoms with Crippen molar-refractivity contribution in [3.8, 4) is 5.75 Å². The highest BCUT2D eigenvalue weighted by molar-refractivity contribution is 6.05. The Labute approximate surface area is 189 Å². The van der Waals surface area contributed by atoms with Gasteiger partial charge in [0.15, 0.2) is 12.3 Å². The summed E-state index contributed by atoms with van der Waals surface area (Å²) in [7, 11) is 0. The SMILES string of the molecule is CCn1c(=O)[nH]c(=O)c2c(C(=O)NNC(=O)COc3cc(C)ccc3C)cc(C3CC3)nc21. The summed E-state index contributed by atoms with van der Waals surface area (Å²) in [5.41, 5.74) is 6.08. The highest BCUT2D eigenvalue weighted by Gasteiger charge is 2.28. The summed E-state index contributed by atoms with van der Waals surface area (Å²) in [4.78, 5) is 56.7. The minimum atomic E-state index is -0.704. The van der Waals surface area contributed by atoms with E-state index in [1.54, 1.807) is 13.0 Å². The molecule has 1 saturated carbocycles. The second-order valence-electron chi connectivity index (χ2n) is 8.13. The number of benzene rings is 1. The number of aryl methyl sites for hydroxylation is 3. The molecule has 4 rings (SSSR count). The fourth-order valence-corrected chi connectivity index (χ4v) is 3.59. The van der Waals surface area contributed by atoms with Crippen molar-refractivity contribution in [3.63, 3.8) is 0 Å². The van der Waals surface area contributed by atoms with Crippen molar-refractivity contribution < 1.29 is 14.3 Å². The smallest absolute Gasteiger partial charge is 0.329 e. The zero-order chi connectivity index (χ0) is 23.7. The van der Waals surface area contributed by atoms with Crippen LogP contribution in [0.15, 0.2) is 33.9 Å². The maximum absolute atomic E-state index is 12.9. The third kappa shape index (κ3) is 4.64. The lowest BCUT2D eigenvalue weighted by Crippen LogP contribution is -2.44. The van der Waals surface area contributed by atoms with E-state index in [1.807, 2.05) is 32.0 Å². The summed E-state index contributed by atoms with van der Waals surface area (Å²) in [5, 5.41) is -0.000709. The van der Waals surface area contributed by atoms with Crippen LogP contribution in [0.5, 0.6) is 5.75 Å². The largest absolute Gasteiger partial charge is 0.483 e. The van der Waals surface area contributed by atoms with Crippen LogP contribution in [0, 0.1) is 13.8 Å². The van der Waals surface area contributed by atoms with Crippen molar-refractivity contribution in [2.75, 3.05) is 6.61 Å². The van der Waals surface area contributed by atoms with Crippen molar-refractivity contribution in [1.29, 1.82) is 0 Å². The minimum Gasteiger partial charge on any atom is -0.483 e. The van der Waals surface area contributed by atoms with Crippen LogP contribution in [0.3, 0.4) is 0 Å². The summed E-state index contributed by atoms with van der Waals surface area (Å²) in [5.74, 6) is -0.489. The monoisotopic (exact) mass is 451 g/mol. The average Bonchev–Trinajstić information content (AvgIpc) is 3.63. The van der Waals surface area contributed by atoms with Gasteiger partial charge in [0.05, 0.1) is 10.9 Å². The zero-order valence-electron chi connectivity index (χ0n) is 18.7. The number of nitrogens with one attached hydrogen (secondary N) is 3. The molecule has 0 bridgehead atoms. The van der Waals surface area contributed by atoms with Gasteiger partial charge in [-0.1, -0.05) is 12.1 Å². The number of H-pyrrole nitrogens is 1. The van der Waals surface area contributed by atoms with E-state index in [4.69, 9.17) is 4.74 Å². The number of rotatable bonds is 6. The first-order chi connectivity index (χ1) is 15.8. The van der Waals surface area contributed by atoms with Crippen molar-refractivity contribution in [1.82, 2.24) is 25.4 Å². The summed E-state index contributed by atoms with van der Waals surface area (Å²) in [6.07, 6.45) is 1.84. The predicted molar refractivity (Wildman–Crippen MR) is 121 cm³/mol. The molecule has 172 valence electrons. The highest BCUT2D eigenvalue weighted by atomic mass is 16.5. The van der Waals surface area contributed by atoms with Gasteiger partial charge >= 0.3 is 5.69 Å². The van der Waals surface area contributed by atoms with Crippen molar-refractivity contribution in [2.24, 2.45) is 0 Å². The number of nitrogens with zero attached hydrogens (tertiary/aromatic N) is 2. The van der Waals surface area contributed by atoms with Gasteiger partial charge in [-0.3, -0.25) is 34.8 Å². The molecule has 0 spiro atoms. The lowest BCUT2D eigenvalue weighted by Gasteiger charge is -2.13. The van der Waals surface area contributed by atoms with Crippen LogP contribution in [0.25, 0.3) is 11.0 Å². The number of carbonyl (C=O) groups excluding carboxylic acids is 2. The van der Waals surface area contributed by atoms with Gasteiger partial charge in [-0.2, -0.15) is 0 Å². The molecule has 2 amide bonds. The number of ether oxygens (including phenoxy) is 1. The Balaban J connectivity index is 1.55. The van der Waals surface area contributed by atoms with E-state index < -0.39 is 23.1 Å². The number of amides is 2. The molecule has 0 aliphatic heterocycles. The molecule has 1 fully saturated rings. The van der Waals surface area contributed by atoms with Gasteiger partial charge in [-0.15, -0.1) is 0 Å². The lowest BCUT2D eigenvalue weighted by atomic mass is 10.1. The Morgan fingerprint density at radius 2 is 1.94 bits per heavy atom.